The van der Waals surface area contributed by atoms with Crippen LogP contribution in [0.3, 0.4) is 0 Å². The second-order valence-corrected chi connectivity index (χ2v) is 11.0. The van der Waals surface area contributed by atoms with Gasteiger partial charge in [0.15, 0.2) is 0 Å². The third-order valence-corrected chi connectivity index (χ3v) is 8.41. The second kappa shape index (κ2) is 10.4. The molecule has 8 aromatic carbocycles. The molecule has 0 radical (unpaired) electrons. The van der Waals surface area contributed by atoms with Crippen molar-refractivity contribution in [2.75, 3.05) is 0 Å². The maximum Gasteiger partial charge on any atom is 0.135 e. The topological polar surface area (TPSA) is 13.1 Å². The minimum absolute atomic E-state index is 0.0405. The van der Waals surface area contributed by atoms with Crippen molar-refractivity contribution in [2.45, 2.75) is 0 Å². The summed E-state index contributed by atoms with van der Waals surface area (Å²) >= 11 is 0. The lowest BCUT2D eigenvalue weighted by atomic mass is 9.85. The van der Waals surface area contributed by atoms with E-state index in [-0.39, 0.29) is 70.6 Å². The van der Waals surface area contributed by atoms with Gasteiger partial charge in [0.2, 0.25) is 0 Å². The van der Waals surface area contributed by atoms with Gasteiger partial charge in [0.25, 0.3) is 0 Å². The van der Waals surface area contributed by atoms with Crippen molar-refractivity contribution in [3.63, 3.8) is 0 Å². The van der Waals surface area contributed by atoms with Gasteiger partial charge in [-0.1, -0.05) is 145 Å². The van der Waals surface area contributed by atoms with Gasteiger partial charge in [-0.2, -0.15) is 0 Å². The van der Waals surface area contributed by atoms with Crippen LogP contribution in [0.25, 0.3) is 88.0 Å². The first kappa shape index (κ1) is 18.7. The molecule has 1 heterocycles. The maximum atomic E-state index is 9.44. The molecule has 9 rings (SSSR count). The van der Waals surface area contributed by atoms with E-state index in [4.69, 9.17) is 8.53 Å². The number of benzene rings is 8. The zero-order valence-corrected chi connectivity index (χ0v) is 24.0. The van der Waals surface area contributed by atoms with Gasteiger partial charge in [0, 0.05) is 10.8 Å². The Morgan fingerprint density at radius 1 is 0.356 bits per heavy atom. The molecule has 0 N–H and O–H groups in total. The van der Waals surface area contributed by atoms with Crippen LogP contribution in [0.5, 0.6) is 0 Å². The molecular weight excluding hydrogens is 544 g/mol. The fraction of sp³-hybridized carbons (Fsp3) is 0. The van der Waals surface area contributed by atoms with E-state index in [2.05, 4.69) is 0 Å². The molecule has 0 aliphatic rings. The van der Waals surface area contributed by atoms with E-state index < -0.39 is 0 Å². The molecular formula is C44H28O. The van der Waals surface area contributed by atoms with Crippen LogP contribution in [0.2, 0.25) is 0 Å². The average molecular weight is 581 g/mol. The summed E-state index contributed by atoms with van der Waals surface area (Å²) in [6, 6.07) is 35.4. The maximum absolute atomic E-state index is 9.44. The molecule has 0 spiro atoms. The van der Waals surface area contributed by atoms with Crippen molar-refractivity contribution >= 4 is 43.5 Å². The van der Waals surface area contributed by atoms with Crippen LogP contribution in [-0.2, 0) is 0 Å². The monoisotopic (exact) mass is 580 g/mol. The van der Waals surface area contributed by atoms with Crippen molar-refractivity contribution in [2.24, 2.45) is 0 Å². The lowest BCUT2D eigenvalue weighted by molar-refractivity contribution is 0.669. The zero-order valence-electron chi connectivity index (χ0n) is 32.0. The largest absolute Gasteiger partial charge is 0.456 e. The summed E-state index contributed by atoms with van der Waals surface area (Å²) in [4.78, 5) is 0. The van der Waals surface area contributed by atoms with Crippen molar-refractivity contribution in [1.82, 2.24) is 0 Å². The van der Waals surface area contributed by atoms with Crippen LogP contribution in [-0.4, -0.2) is 0 Å². The second-order valence-electron chi connectivity index (χ2n) is 11.0. The summed E-state index contributed by atoms with van der Waals surface area (Å²) in [5.41, 5.74) is 4.37. The Balaban J connectivity index is 1.34. The molecule has 0 amide bonds. The number of hydrogen-bond acceptors (Lipinski definition) is 1. The highest BCUT2D eigenvalue weighted by molar-refractivity contribution is 6.21. The summed E-state index contributed by atoms with van der Waals surface area (Å²) in [6.45, 7) is 0. The van der Waals surface area contributed by atoms with Crippen LogP contribution in [0.1, 0.15) is 11.0 Å². The standard InChI is InChI=1S/C44H28O/c1-2-11-29(12-3-1)32-13-10-14-34(27-32)44-38-18-6-4-16-36(38)43(37-17-5-7-19-39(37)44)31-23-21-30(22-24-31)33-25-26-42-40(28-33)35-15-8-9-20-41(35)45-42/h1-28H/i10D,13D,14D,21D,22D,23D,24D,27D. The average Bonchev–Trinajstić information content (AvgIpc) is 3.55. The number of fused-ring (bicyclic) bond motifs is 5. The fourth-order valence-electron chi connectivity index (χ4n) is 6.35. The van der Waals surface area contributed by atoms with Crippen molar-refractivity contribution in [3.8, 4) is 44.5 Å². The summed E-state index contributed by atoms with van der Waals surface area (Å²) < 4.78 is 79.6. The quantitative estimate of drug-likeness (QED) is 0.189. The van der Waals surface area contributed by atoms with E-state index in [1.165, 1.54) is 0 Å². The molecule has 0 aliphatic carbocycles. The number of furan rings is 1. The van der Waals surface area contributed by atoms with Crippen molar-refractivity contribution in [1.29, 1.82) is 0 Å². The highest BCUT2D eigenvalue weighted by Gasteiger charge is 2.17. The zero-order chi connectivity index (χ0) is 36.7. The smallest absolute Gasteiger partial charge is 0.135 e. The van der Waals surface area contributed by atoms with Gasteiger partial charge >= 0.3 is 0 Å². The van der Waals surface area contributed by atoms with E-state index >= 15 is 0 Å². The predicted molar refractivity (Wildman–Crippen MR) is 190 cm³/mol. The number of para-hydroxylation sites is 1. The lowest BCUT2D eigenvalue weighted by Crippen LogP contribution is -1.91. The molecule has 1 heteroatoms. The van der Waals surface area contributed by atoms with E-state index in [1.54, 1.807) is 24.3 Å². The fourth-order valence-corrected chi connectivity index (χ4v) is 6.35. The van der Waals surface area contributed by atoms with Crippen molar-refractivity contribution < 1.29 is 15.4 Å². The Bertz CT molecular complexity index is 2900. The van der Waals surface area contributed by atoms with Gasteiger partial charge in [0.1, 0.15) is 11.2 Å². The first-order chi connectivity index (χ1) is 25.7. The van der Waals surface area contributed by atoms with Crippen LogP contribution < -0.4 is 0 Å². The lowest BCUT2D eigenvalue weighted by Gasteiger charge is -2.18. The van der Waals surface area contributed by atoms with E-state index in [0.29, 0.717) is 49.4 Å². The third-order valence-electron chi connectivity index (χ3n) is 8.41. The molecule has 45 heavy (non-hydrogen) atoms. The third kappa shape index (κ3) is 4.24. The Kier molecular flexibility index (Phi) is 4.30. The Morgan fingerprint density at radius 2 is 0.889 bits per heavy atom. The molecule has 210 valence electrons. The van der Waals surface area contributed by atoms with Crippen LogP contribution in [0.4, 0.5) is 0 Å². The van der Waals surface area contributed by atoms with Gasteiger partial charge in [-0.25, -0.2) is 0 Å². The summed E-state index contributed by atoms with van der Waals surface area (Å²) in [7, 11) is 0. The first-order valence-electron chi connectivity index (χ1n) is 18.8. The Labute approximate surface area is 272 Å². The highest BCUT2D eigenvalue weighted by atomic mass is 16.3. The molecule has 1 nitrogen and oxygen atoms in total. The van der Waals surface area contributed by atoms with Gasteiger partial charge in [-0.3, -0.25) is 0 Å². The molecule has 0 fully saturated rings. The Morgan fingerprint density at radius 3 is 1.58 bits per heavy atom. The van der Waals surface area contributed by atoms with Gasteiger partial charge in [-0.05, 0) is 90.3 Å². The van der Waals surface area contributed by atoms with Gasteiger partial charge in [-0.15, -0.1) is 0 Å². The Hall–Kier alpha value is -5.92. The van der Waals surface area contributed by atoms with E-state index in [0.717, 1.165) is 16.4 Å². The summed E-state index contributed by atoms with van der Waals surface area (Å²) in [5.74, 6) is 0. The minimum atomic E-state index is -0.288. The van der Waals surface area contributed by atoms with Gasteiger partial charge in [0.05, 0.1) is 11.0 Å². The highest BCUT2D eigenvalue weighted by Crippen LogP contribution is 2.44. The molecule has 0 saturated carbocycles. The van der Waals surface area contributed by atoms with Crippen LogP contribution in [0, 0.1) is 0 Å². The molecule has 0 aliphatic heterocycles. The summed E-state index contributed by atoms with van der Waals surface area (Å²) in [5, 5.41) is 4.19. The molecule has 9 aromatic rings. The number of hydrogen-bond donors (Lipinski definition) is 0. The van der Waals surface area contributed by atoms with Gasteiger partial charge < -0.3 is 4.42 Å². The molecule has 0 unspecified atom stereocenters. The summed E-state index contributed by atoms with van der Waals surface area (Å²) in [6.07, 6.45) is 0. The SMILES string of the molecule is [2H]c1c([2H])c(-c2ccccc2)c([2H])c(-c2c3ccccc3c(-c3c([2H])c([2H])c(-c4ccc5oc6ccccc6c5c4)c([2H])c3[2H])c3ccccc23)c1[2H]. The molecule has 0 saturated heterocycles. The normalized spacial score (nSPS) is 14.0. The first-order valence-corrected chi connectivity index (χ1v) is 14.8. The molecule has 0 bridgehead atoms. The molecule has 1 aromatic heterocycles. The van der Waals surface area contributed by atoms with Crippen LogP contribution >= 0.6 is 0 Å². The molecule has 0 atom stereocenters. The van der Waals surface area contributed by atoms with E-state index in [9.17, 15) is 6.85 Å². The number of rotatable bonds is 4. The van der Waals surface area contributed by atoms with Crippen molar-refractivity contribution in [3.05, 3.63) is 170 Å². The van der Waals surface area contributed by atoms with E-state index in [1.807, 2.05) is 97.1 Å². The minimum Gasteiger partial charge on any atom is -0.456 e. The predicted octanol–water partition coefficient (Wildman–Crippen LogP) is 12.6. The van der Waals surface area contributed by atoms with Crippen LogP contribution in [0.15, 0.2) is 174 Å².